The van der Waals surface area contributed by atoms with Gasteiger partial charge in [-0.1, -0.05) is 34.8 Å². The van der Waals surface area contributed by atoms with Crippen LogP contribution in [0.3, 0.4) is 0 Å². The maximum absolute atomic E-state index is 12.1. The molecule has 0 spiro atoms. The second-order valence-electron chi connectivity index (χ2n) is 5.17. The summed E-state index contributed by atoms with van der Waals surface area (Å²) in [7, 11) is 0. The number of hydrogen-bond donors (Lipinski definition) is 2. The first kappa shape index (κ1) is 18.7. The highest BCUT2D eigenvalue weighted by molar-refractivity contribution is 9.10. The molecule has 1 aliphatic carbocycles. The molecule has 1 fully saturated rings. The Kier molecular flexibility index (Phi) is 6.75. The van der Waals surface area contributed by atoms with Gasteiger partial charge in [0.15, 0.2) is 10.4 Å². The van der Waals surface area contributed by atoms with Crippen molar-refractivity contribution in [1.29, 1.82) is 0 Å². The van der Waals surface area contributed by atoms with Gasteiger partial charge in [-0.25, -0.2) is 0 Å². The Morgan fingerprint density at radius 3 is 2.41 bits per heavy atom. The fourth-order valence-electron chi connectivity index (χ4n) is 2.31. The molecule has 0 radical (unpaired) electrons. The van der Waals surface area contributed by atoms with Gasteiger partial charge in [0.25, 0.3) is 5.91 Å². The summed E-state index contributed by atoms with van der Waals surface area (Å²) in [5.41, 5.74) is 0. The highest BCUT2D eigenvalue weighted by Crippen LogP contribution is 2.31. The van der Waals surface area contributed by atoms with Crippen LogP contribution < -0.4 is 10.6 Å². The van der Waals surface area contributed by atoms with Crippen LogP contribution >= 0.6 is 62.3 Å². The van der Waals surface area contributed by atoms with Crippen molar-refractivity contribution >= 4 is 68.2 Å². The van der Waals surface area contributed by atoms with Crippen LogP contribution in [0.1, 0.15) is 36.2 Å². The zero-order valence-electron chi connectivity index (χ0n) is 11.4. The summed E-state index contributed by atoms with van der Waals surface area (Å²) >= 11 is 27.1. The van der Waals surface area contributed by atoms with Crippen LogP contribution in [0.25, 0.3) is 0 Å². The lowest BCUT2D eigenvalue weighted by molar-refractivity contribution is 0.0895. The summed E-state index contributed by atoms with van der Waals surface area (Å²) in [5.74, 6) is -0.321. The number of nitrogens with one attached hydrogen (secondary N) is 2. The number of carbonyl (C=O) groups excluding carboxylic acids is 1. The van der Waals surface area contributed by atoms with E-state index in [0.29, 0.717) is 4.67 Å². The number of furan rings is 1. The molecule has 1 aromatic heterocycles. The van der Waals surface area contributed by atoms with Gasteiger partial charge in [-0.2, -0.15) is 0 Å². The van der Waals surface area contributed by atoms with Gasteiger partial charge in [-0.05, 0) is 53.7 Å². The van der Waals surface area contributed by atoms with E-state index in [0.717, 1.165) is 25.7 Å². The molecule has 0 aromatic carbocycles. The van der Waals surface area contributed by atoms with Gasteiger partial charge in [-0.15, -0.1) is 11.6 Å². The number of hydrogen-bond acceptors (Lipinski definition) is 3. The van der Waals surface area contributed by atoms with E-state index < -0.39 is 15.9 Å². The third-order valence-corrected chi connectivity index (χ3v) is 4.98. The summed E-state index contributed by atoms with van der Waals surface area (Å²) in [6.45, 7) is 0. The number of rotatable bonds is 4. The maximum atomic E-state index is 12.1. The van der Waals surface area contributed by atoms with Gasteiger partial charge in [0.1, 0.15) is 6.17 Å². The Bertz CT molecular complexity index is 512. The molecule has 2 rings (SSSR count). The second kappa shape index (κ2) is 7.95. The first-order valence-electron chi connectivity index (χ1n) is 6.78. The minimum atomic E-state index is -1.68. The van der Waals surface area contributed by atoms with Crippen LogP contribution in [0.5, 0.6) is 0 Å². The SMILES string of the molecule is O=C(NC(NC1CCC(Cl)CC1)C(Cl)(Cl)Cl)c1ccc(Br)o1. The standard InChI is InChI=1S/C13H15BrCl4N2O2/c14-10-6-5-9(22-10)11(21)20-12(13(16,17)18)19-8-3-1-7(15)2-4-8/h5-8,12,19H,1-4H2,(H,20,21). The predicted octanol–water partition coefficient (Wildman–Crippen LogP) is 4.61. The van der Waals surface area contributed by atoms with E-state index in [9.17, 15) is 4.79 Å². The molecular weight excluding hydrogens is 438 g/mol. The zero-order valence-corrected chi connectivity index (χ0v) is 16.0. The number of carbonyl (C=O) groups is 1. The normalized spacial score (nSPS) is 24.0. The van der Waals surface area contributed by atoms with Crippen LogP contribution in [-0.4, -0.2) is 27.3 Å². The summed E-state index contributed by atoms with van der Waals surface area (Å²) in [5, 5.41) is 6.03. The van der Waals surface area contributed by atoms with Crippen molar-refractivity contribution in [2.24, 2.45) is 0 Å². The van der Waals surface area contributed by atoms with Crippen molar-refractivity contribution in [3.05, 3.63) is 22.6 Å². The van der Waals surface area contributed by atoms with Crippen LogP contribution in [-0.2, 0) is 0 Å². The Balaban J connectivity index is 1.99. The molecule has 124 valence electrons. The molecule has 1 aliphatic rings. The topological polar surface area (TPSA) is 54.3 Å². The molecule has 2 N–H and O–H groups in total. The quantitative estimate of drug-likeness (QED) is 0.518. The Labute approximate surface area is 157 Å². The van der Waals surface area contributed by atoms with Gasteiger partial charge in [0, 0.05) is 11.4 Å². The van der Waals surface area contributed by atoms with Crippen molar-refractivity contribution in [2.45, 2.75) is 47.1 Å². The summed E-state index contributed by atoms with van der Waals surface area (Å²) in [6, 6.07) is 3.29. The molecule has 1 unspecified atom stereocenters. The lowest BCUT2D eigenvalue weighted by Crippen LogP contribution is -2.57. The van der Waals surface area contributed by atoms with Gasteiger partial charge < -0.3 is 9.73 Å². The van der Waals surface area contributed by atoms with Gasteiger partial charge in [0.2, 0.25) is 3.79 Å². The smallest absolute Gasteiger partial charge is 0.288 e. The minimum Gasteiger partial charge on any atom is -0.444 e. The lowest BCUT2D eigenvalue weighted by atomic mass is 9.95. The molecule has 1 amide bonds. The molecule has 0 aliphatic heterocycles. The molecule has 1 aromatic rings. The molecule has 9 heteroatoms. The Morgan fingerprint density at radius 2 is 1.91 bits per heavy atom. The van der Waals surface area contributed by atoms with Crippen LogP contribution in [0.15, 0.2) is 21.2 Å². The largest absolute Gasteiger partial charge is 0.444 e. The first-order valence-corrected chi connectivity index (χ1v) is 9.15. The highest BCUT2D eigenvalue weighted by atomic mass is 79.9. The third-order valence-electron chi connectivity index (χ3n) is 3.46. The molecule has 1 heterocycles. The fraction of sp³-hybridized carbons (Fsp3) is 0.615. The third kappa shape index (κ3) is 5.46. The van der Waals surface area contributed by atoms with E-state index in [2.05, 4.69) is 26.6 Å². The molecule has 1 saturated carbocycles. The Hall–Kier alpha value is 0.350. The molecule has 4 nitrogen and oxygen atoms in total. The van der Waals surface area contributed by atoms with Crippen molar-refractivity contribution in [2.75, 3.05) is 0 Å². The van der Waals surface area contributed by atoms with Gasteiger partial charge in [-0.3, -0.25) is 10.1 Å². The molecule has 0 bridgehead atoms. The van der Waals surface area contributed by atoms with E-state index in [1.165, 1.54) is 6.07 Å². The maximum Gasteiger partial charge on any atom is 0.288 e. The summed E-state index contributed by atoms with van der Waals surface area (Å²) in [6.07, 6.45) is 2.70. The van der Waals surface area contributed by atoms with Crippen molar-refractivity contribution in [1.82, 2.24) is 10.6 Å². The molecule has 1 atom stereocenters. The second-order valence-corrected chi connectivity index (χ2v) is 8.94. The average molecular weight is 453 g/mol. The van der Waals surface area contributed by atoms with Crippen LogP contribution in [0.4, 0.5) is 0 Å². The minimum absolute atomic E-state index is 0.136. The molecular formula is C13H15BrCl4N2O2. The number of halogens is 5. The van der Waals surface area contributed by atoms with Crippen molar-refractivity contribution < 1.29 is 9.21 Å². The molecule has 0 saturated heterocycles. The van der Waals surface area contributed by atoms with E-state index in [-0.39, 0.29) is 17.2 Å². The first-order chi connectivity index (χ1) is 10.3. The monoisotopic (exact) mass is 450 g/mol. The zero-order chi connectivity index (χ0) is 16.3. The summed E-state index contributed by atoms with van der Waals surface area (Å²) in [4.78, 5) is 12.1. The van der Waals surface area contributed by atoms with Crippen molar-refractivity contribution in [3.63, 3.8) is 0 Å². The van der Waals surface area contributed by atoms with Gasteiger partial charge in [0.05, 0.1) is 0 Å². The van der Waals surface area contributed by atoms with E-state index in [1.807, 2.05) is 0 Å². The number of alkyl halides is 4. The highest BCUT2D eigenvalue weighted by Gasteiger charge is 2.36. The summed E-state index contributed by atoms with van der Waals surface area (Å²) < 4.78 is 3.96. The van der Waals surface area contributed by atoms with E-state index >= 15 is 0 Å². The van der Waals surface area contributed by atoms with Crippen molar-refractivity contribution in [3.8, 4) is 0 Å². The van der Waals surface area contributed by atoms with E-state index in [1.54, 1.807) is 6.07 Å². The molecule has 22 heavy (non-hydrogen) atoms. The van der Waals surface area contributed by atoms with Gasteiger partial charge >= 0.3 is 0 Å². The fourth-order valence-corrected chi connectivity index (χ4v) is 3.22. The predicted molar refractivity (Wildman–Crippen MR) is 93.0 cm³/mol. The average Bonchev–Trinajstić information content (AvgIpc) is 2.86. The number of amides is 1. The van der Waals surface area contributed by atoms with Crippen LogP contribution in [0.2, 0.25) is 0 Å². The van der Waals surface area contributed by atoms with E-state index in [4.69, 9.17) is 50.8 Å². The lowest BCUT2D eigenvalue weighted by Gasteiger charge is -2.33. The van der Waals surface area contributed by atoms with Crippen LogP contribution in [0, 0.1) is 0 Å². The Morgan fingerprint density at radius 1 is 1.27 bits per heavy atom.